The lowest BCUT2D eigenvalue weighted by Gasteiger charge is -1.99. The summed E-state index contributed by atoms with van der Waals surface area (Å²) in [6, 6.07) is 1.78. The highest BCUT2D eigenvalue weighted by Crippen LogP contribution is 2.15. The smallest absolute Gasteiger partial charge is 0.0872 e. The van der Waals surface area contributed by atoms with Crippen molar-refractivity contribution in [2.75, 3.05) is 0 Å². The Balaban J connectivity index is 2.59. The summed E-state index contributed by atoms with van der Waals surface area (Å²) in [5, 5.41) is 3.91. The highest BCUT2D eigenvalue weighted by Gasteiger charge is 1.99. The Morgan fingerprint density at radius 2 is 2.15 bits per heavy atom. The van der Waals surface area contributed by atoms with Crippen LogP contribution in [-0.2, 0) is 0 Å². The fraction of sp³-hybridized carbons (Fsp3) is 0. The van der Waals surface area contributed by atoms with E-state index in [2.05, 4.69) is 41.9 Å². The van der Waals surface area contributed by atoms with Crippen molar-refractivity contribution in [2.24, 2.45) is 0 Å². The minimum Gasteiger partial charge on any atom is -0.261 e. The van der Waals surface area contributed by atoms with Crippen molar-refractivity contribution < 1.29 is 2.74 Å². The molecule has 0 radical (unpaired) electrons. The molecule has 0 atom stereocenters. The average molecular weight is 305 g/mol. The minimum absolute atomic E-state index is 0.0416. The first-order valence-corrected chi connectivity index (χ1v) is 5.01. The third-order valence-corrected chi connectivity index (χ3v) is 2.18. The zero-order chi connectivity index (χ0) is 11.0. The van der Waals surface area contributed by atoms with Gasteiger partial charge in [-0.25, -0.2) is 4.68 Å². The molecule has 0 spiro atoms. The Kier molecular flexibility index (Phi) is 1.86. The fourth-order valence-corrected chi connectivity index (χ4v) is 1.48. The van der Waals surface area contributed by atoms with Crippen LogP contribution in [-0.4, -0.2) is 14.8 Å². The van der Waals surface area contributed by atoms with Crippen LogP contribution in [0.5, 0.6) is 0 Å². The van der Waals surface area contributed by atoms with Crippen LogP contribution in [0.4, 0.5) is 0 Å². The van der Waals surface area contributed by atoms with Gasteiger partial charge >= 0.3 is 0 Å². The summed E-state index contributed by atoms with van der Waals surface area (Å²) in [5.41, 5.74) is 0.647. The van der Waals surface area contributed by atoms with Gasteiger partial charge in [0.05, 0.1) is 25.3 Å². The minimum atomic E-state index is 0.0416. The molecule has 0 fully saturated rings. The van der Waals surface area contributed by atoms with E-state index in [0.29, 0.717) is 10.2 Å². The van der Waals surface area contributed by atoms with Gasteiger partial charge in [-0.15, -0.1) is 0 Å². The molecule has 0 unspecified atom stereocenters. The van der Waals surface area contributed by atoms with E-state index in [0.717, 1.165) is 4.47 Å². The van der Waals surface area contributed by atoms with Gasteiger partial charge in [-0.05, 0) is 37.9 Å². The fourth-order valence-electron chi connectivity index (χ4n) is 0.876. The van der Waals surface area contributed by atoms with Crippen LogP contribution in [0.2, 0.25) is 0 Å². The van der Waals surface area contributed by atoms with Crippen molar-refractivity contribution in [3.63, 3.8) is 0 Å². The van der Waals surface area contributed by atoms with Crippen LogP contribution >= 0.6 is 31.9 Å². The van der Waals surface area contributed by atoms with E-state index in [1.807, 2.05) is 0 Å². The number of halogens is 2. The maximum absolute atomic E-state index is 7.71. The number of pyridine rings is 1. The molecule has 2 heterocycles. The second-order valence-corrected chi connectivity index (χ2v) is 4.02. The van der Waals surface area contributed by atoms with Crippen LogP contribution < -0.4 is 0 Å². The Morgan fingerprint density at radius 3 is 2.77 bits per heavy atom. The zero-order valence-corrected chi connectivity index (χ0v) is 9.50. The number of nitrogens with zero attached hydrogens (tertiary/aromatic N) is 3. The highest BCUT2D eigenvalue weighted by atomic mass is 79.9. The van der Waals surface area contributed by atoms with Crippen molar-refractivity contribution >= 4 is 31.9 Å². The van der Waals surface area contributed by atoms with E-state index in [4.69, 9.17) is 2.74 Å². The van der Waals surface area contributed by atoms with E-state index in [9.17, 15) is 0 Å². The van der Waals surface area contributed by atoms with Crippen LogP contribution in [0.3, 0.4) is 0 Å². The Morgan fingerprint density at radius 1 is 1.31 bits per heavy atom. The van der Waals surface area contributed by atoms with Crippen molar-refractivity contribution in [3.05, 3.63) is 39.8 Å². The first-order chi connectivity index (χ1) is 7.09. The van der Waals surface area contributed by atoms with Crippen molar-refractivity contribution in [1.29, 1.82) is 0 Å². The molecule has 13 heavy (non-hydrogen) atoms. The molecule has 0 aliphatic heterocycles. The first-order valence-electron chi connectivity index (χ1n) is 4.42. The molecule has 0 bridgehead atoms. The van der Waals surface area contributed by atoms with Gasteiger partial charge in [0.2, 0.25) is 0 Å². The van der Waals surface area contributed by atoms with Crippen LogP contribution in [0, 0.1) is 0 Å². The van der Waals surface area contributed by atoms with Gasteiger partial charge in [0.1, 0.15) is 0 Å². The lowest BCUT2D eigenvalue weighted by molar-refractivity contribution is 0.872. The summed E-state index contributed by atoms with van der Waals surface area (Å²) in [6.45, 7) is 0. The molecule has 2 aromatic rings. The average Bonchev–Trinajstić information content (AvgIpc) is 2.46. The molecule has 0 saturated carbocycles. The molecule has 0 aromatic carbocycles. The summed E-state index contributed by atoms with van der Waals surface area (Å²) < 4.78 is 17.7. The summed E-state index contributed by atoms with van der Waals surface area (Å²) in [6.07, 6.45) is 3.41. The summed E-state index contributed by atoms with van der Waals surface area (Å²) in [5.74, 6) is 0. The third-order valence-electron chi connectivity index (χ3n) is 1.39. The Hall–Kier alpha value is -0.680. The molecular weight excluding hydrogens is 298 g/mol. The van der Waals surface area contributed by atoms with E-state index in [1.54, 1.807) is 18.5 Å². The van der Waals surface area contributed by atoms with Gasteiger partial charge in [-0.1, -0.05) is 0 Å². The summed E-state index contributed by atoms with van der Waals surface area (Å²) in [4.78, 5) is 3.97. The van der Waals surface area contributed by atoms with E-state index < -0.39 is 0 Å². The molecular formula is C8H5Br2N3. The summed E-state index contributed by atoms with van der Waals surface area (Å²) in [7, 11) is 0. The molecule has 2 rings (SSSR count). The normalized spacial score (nSPS) is 12.5. The maximum atomic E-state index is 7.71. The third kappa shape index (κ3) is 1.97. The van der Waals surface area contributed by atoms with Crippen molar-refractivity contribution in [1.82, 2.24) is 14.8 Å². The second-order valence-electron chi connectivity index (χ2n) is 2.31. The number of rotatable bonds is 1. The van der Waals surface area contributed by atoms with Crippen LogP contribution in [0.15, 0.2) is 39.8 Å². The van der Waals surface area contributed by atoms with Gasteiger partial charge in [0.25, 0.3) is 0 Å². The van der Waals surface area contributed by atoms with Crippen LogP contribution in [0.1, 0.15) is 2.74 Å². The molecule has 2 aromatic heterocycles. The Labute approximate surface area is 94.9 Å². The predicted molar refractivity (Wildman–Crippen MR) is 56.8 cm³/mol. The number of hydrogen-bond donors (Lipinski definition) is 0. The van der Waals surface area contributed by atoms with Gasteiger partial charge in [-0.3, -0.25) is 4.98 Å². The van der Waals surface area contributed by atoms with Gasteiger partial charge in [0, 0.05) is 16.8 Å². The van der Waals surface area contributed by atoms with E-state index in [1.165, 1.54) is 4.68 Å². The zero-order valence-electron chi connectivity index (χ0n) is 8.33. The summed E-state index contributed by atoms with van der Waals surface area (Å²) >= 11 is 6.41. The van der Waals surface area contributed by atoms with Crippen molar-refractivity contribution in [3.8, 4) is 5.69 Å². The van der Waals surface area contributed by atoms with Crippen LogP contribution in [0.25, 0.3) is 5.69 Å². The lowest BCUT2D eigenvalue weighted by Crippen LogP contribution is -1.94. The molecule has 0 N–H and O–H groups in total. The predicted octanol–water partition coefficient (Wildman–Crippen LogP) is 2.79. The van der Waals surface area contributed by atoms with Gasteiger partial charge < -0.3 is 0 Å². The SMILES string of the molecule is [2H]c1nn(-c2cncc(Br)c2)c([2H])c1Br. The number of aromatic nitrogens is 3. The molecule has 0 aliphatic rings. The molecule has 5 heteroatoms. The molecule has 0 aliphatic carbocycles. The molecule has 3 nitrogen and oxygen atoms in total. The second kappa shape index (κ2) is 3.59. The topological polar surface area (TPSA) is 30.7 Å². The number of hydrogen-bond acceptors (Lipinski definition) is 2. The van der Waals surface area contributed by atoms with Gasteiger partial charge in [0.15, 0.2) is 0 Å². The Bertz CT molecular complexity index is 513. The van der Waals surface area contributed by atoms with Gasteiger partial charge in [-0.2, -0.15) is 5.10 Å². The largest absolute Gasteiger partial charge is 0.261 e. The monoisotopic (exact) mass is 303 g/mol. The maximum Gasteiger partial charge on any atom is 0.0872 e. The first kappa shape index (κ1) is 6.73. The lowest BCUT2D eigenvalue weighted by atomic mass is 10.4. The quantitative estimate of drug-likeness (QED) is 0.811. The highest BCUT2D eigenvalue weighted by molar-refractivity contribution is 9.10. The standard InChI is InChI=1S/C8H5Br2N3/c9-6-1-8(4-11-2-6)13-5-7(10)3-12-13/h1-5H/i3D,5D. The van der Waals surface area contributed by atoms with Crippen molar-refractivity contribution in [2.45, 2.75) is 0 Å². The molecule has 0 amide bonds. The van der Waals surface area contributed by atoms with E-state index >= 15 is 0 Å². The molecule has 0 saturated heterocycles. The van der Waals surface area contributed by atoms with E-state index in [-0.39, 0.29) is 12.3 Å². The molecule has 66 valence electrons.